The molecule has 14 heteroatoms. The standard InChI is InChI=1S/C27H35N5O7S2/c1-5-39-27(36)31-13-12-20-21(16-31)40-25(22(20)24(34)29-26(35)30(3)4)28-23(33)18-6-8-19(9-7-18)41(37,38)32-14-10-17(2)11-15-32/h6-9,17H,5,10-16H2,1-4H3,(H,28,33)(H,29,34,35). The molecule has 222 valence electrons. The first-order chi connectivity index (χ1) is 19.4. The Morgan fingerprint density at radius 1 is 1.05 bits per heavy atom. The summed E-state index contributed by atoms with van der Waals surface area (Å²) in [5, 5.41) is 5.32. The zero-order valence-electron chi connectivity index (χ0n) is 23.6. The molecule has 12 nitrogen and oxygen atoms in total. The summed E-state index contributed by atoms with van der Waals surface area (Å²) >= 11 is 1.14. The SMILES string of the molecule is CCOC(=O)N1CCc2c(sc(NC(=O)c3ccc(S(=O)(=O)N4CCC(C)CC4)cc3)c2C(=O)NC(=O)N(C)C)C1. The Labute approximate surface area is 243 Å². The minimum absolute atomic E-state index is 0.108. The molecule has 1 saturated heterocycles. The largest absolute Gasteiger partial charge is 0.450 e. The first-order valence-electron chi connectivity index (χ1n) is 13.4. The van der Waals surface area contributed by atoms with E-state index in [9.17, 15) is 27.6 Å². The van der Waals surface area contributed by atoms with Crippen molar-refractivity contribution in [2.24, 2.45) is 5.92 Å². The quantitative estimate of drug-likeness (QED) is 0.514. The third-order valence-corrected chi connectivity index (χ3v) is 10.2. The van der Waals surface area contributed by atoms with Crippen LogP contribution in [0.2, 0.25) is 0 Å². The highest BCUT2D eigenvalue weighted by atomic mass is 32.2. The van der Waals surface area contributed by atoms with Crippen molar-refractivity contribution >= 4 is 50.3 Å². The summed E-state index contributed by atoms with van der Waals surface area (Å²) < 4.78 is 32.7. The minimum atomic E-state index is -3.67. The number of amides is 5. The molecule has 3 heterocycles. The van der Waals surface area contributed by atoms with E-state index < -0.39 is 34.0 Å². The number of hydrogen-bond acceptors (Lipinski definition) is 8. The van der Waals surface area contributed by atoms with Crippen LogP contribution < -0.4 is 10.6 Å². The van der Waals surface area contributed by atoms with Gasteiger partial charge in [0.25, 0.3) is 11.8 Å². The van der Waals surface area contributed by atoms with Crippen molar-refractivity contribution in [1.82, 2.24) is 19.4 Å². The molecule has 0 saturated carbocycles. The molecule has 0 spiro atoms. The molecule has 4 rings (SSSR count). The van der Waals surface area contributed by atoms with Crippen molar-refractivity contribution < 1.29 is 32.3 Å². The molecule has 1 aromatic heterocycles. The van der Waals surface area contributed by atoms with E-state index in [1.165, 1.54) is 52.5 Å². The number of benzene rings is 1. The average molecular weight is 606 g/mol. The predicted molar refractivity (Wildman–Crippen MR) is 154 cm³/mol. The van der Waals surface area contributed by atoms with E-state index in [1.54, 1.807) is 6.92 Å². The molecule has 1 fully saturated rings. The fourth-order valence-corrected chi connectivity index (χ4v) is 7.43. The lowest BCUT2D eigenvalue weighted by Crippen LogP contribution is -2.40. The number of thiophene rings is 1. The number of ether oxygens (including phenoxy) is 1. The van der Waals surface area contributed by atoms with E-state index in [-0.39, 0.29) is 34.2 Å². The van der Waals surface area contributed by atoms with E-state index in [0.717, 1.165) is 24.2 Å². The molecular weight excluding hydrogens is 570 g/mol. The number of fused-ring (bicyclic) bond motifs is 1. The number of piperidine rings is 1. The van der Waals surface area contributed by atoms with Gasteiger partial charge in [0.15, 0.2) is 0 Å². The van der Waals surface area contributed by atoms with Crippen LogP contribution in [0.3, 0.4) is 0 Å². The summed E-state index contributed by atoms with van der Waals surface area (Å²) in [7, 11) is -0.667. The highest BCUT2D eigenvalue weighted by Crippen LogP contribution is 2.38. The van der Waals surface area contributed by atoms with Crippen LogP contribution in [-0.2, 0) is 27.7 Å². The summed E-state index contributed by atoms with van der Waals surface area (Å²) in [6, 6.07) is 5.06. The number of carbonyl (C=O) groups excluding carboxylic acids is 4. The Hall–Kier alpha value is -3.49. The Morgan fingerprint density at radius 2 is 1.71 bits per heavy atom. The van der Waals surface area contributed by atoms with Gasteiger partial charge in [-0.1, -0.05) is 6.92 Å². The maximum Gasteiger partial charge on any atom is 0.410 e. The molecule has 0 bridgehead atoms. The molecule has 0 atom stereocenters. The van der Waals surface area contributed by atoms with E-state index >= 15 is 0 Å². The Morgan fingerprint density at radius 3 is 2.32 bits per heavy atom. The molecule has 0 radical (unpaired) electrons. The number of imide groups is 1. The molecular formula is C27H35N5O7S2. The first kappa shape index (κ1) is 30.5. The van der Waals surface area contributed by atoms with Crippen LogP contribution in [-0.4, -0.2) is 86.8 Å². The van der Waals surface area contributed by atoms with Crippen LogP contribution >= 0.6 is 11.3 Å². The van der Waals surface area contributed by atoms with Gasteiger partial charge >= 0.3 is 12.1 Å². The average Bonchev–Trinajstić information content (AvgIpc) is 3.30. The van der Waals surface area contributed by atoms with Crippen molar-refractivity contribution in [3.05, 3.63) is 45.8 Å². The first-order valence-corrected chi connectivity index (χ1v) is 15.7. The van der Waals surface area contributed by atoms with Crippen LogP contribution in [0.4, 0.5) is 14.6 Å². The molecule has 2 aliphatic heterocycles. The second-order valence-corrected chi connectivity index (χ2v) is 13.3. The van der Waals surface area contributed by atoms with Gasteiger partial charge in [0.2, 0.25) is 10.0 Å². The van der Waals surface area contributed by atoms with Gasteiger partial charge in [-0.05, 0) is 61.9 Å². The smallest absolute Gasteiger partial charge is 0.410 e. The van der Waals surface area contributed by atoms with Gasteiger partial charge in [0, 0.05) is 44.2 Å². The van der Waals surface area contributed by atoms with Crippen LogP contribution in [0, 0.1) is 5.92 Å². The van der Waals surface area contributed by atoms with Gasteiger partial charge in [-0.25, -0.2) is 18.0 Å². The topological polar surface area (TPSA) is 145 Å². The second kappa shape index (κ2) is 12.6. The Kier molecular flexibility index (Phi) is 9.34. The zero-order chi connectivity index (χ0) is 29.9. The lowest BCUT2D eigenvalue weighted by Gasteiger charge is -2.29. The van der Waals surface area contributed by atoms with Gasteiger partial charge in [-0.15, -0.1) is 11.3 Å². The van der Waals surface area contributed by atoms with Gasteiger partial charge in [0.1, 0.15) is 5.00 Å². The van der Waals surface area contributed by atoms with E-state index in [1.807, 2.05) is 0 Å². The Bertz CT molecular complexity index is 1430. The van der Waals surface area contributed by atoms with Gasteiger partial charge in [-0.3, -0.25) is 14.9 Å². The second-order valence-electron chi connectivity index (χ2n) is 10.3. The van der Waals surface area contributed by atoms with Crippen LogP contribution in [0.5, 0.6) is 0 Å². The third-order valence-electron chi connectivity index (χ3n) is 7.16. The van der Waals surface area contributed by atoms with Gasteiger partial charge < -0.3 is 19.9 Å². The summed E-state index contributed by atoms with van der Waals surface area (Å²) in [6.07, 6.45) is 1.47. The van der Waals surface area contributed by atoms with Crippen molar-refractivity contribution in [2.45, 2.75) is 44.6 Å². The van der Waals surface area contributed by atoms with Crippen LogP contribution in [0.1, 0.15) is 57.8 Å². The van der Waals surface area contributed by atoms with Crippen LogP contribution in [0.25, 0.3) is 0 Å². The molecule has 2 aromatic rings. The number of hydrogen-bond donors (Lipinski definition) is 2. The van der Waals surface area contributed by atoms with E-state index in [0.29, 0.717) is 42.4 Å². The number of anilines is 1. The molecule has 2 aliphatic rings. The number of urea groups is 1. The summed E-state index contributed by atoms with van der Waals surface area (Å²) in [5.74, 6) is -0.732. The molecule has 5 amide bonds. The number of carbonyl (C=O) groups is 4. The molecule has 0 aliphatic carbocycles. The Balaban J connectivity index is 1.57. The molecule has 0 unspecified atom stereocenters. The summed E-state index contributed by atoms with van der Waals surface area (Å²) in [4.78, 5) is 54.5. The zero-order valence-corrected chi connectivity index (χ0v) is 25.2. The number of sulfonamides is 1. The van der Waals surface area contributed by atoms with Crippen LogP contribution in [0.15, 0.2) is 29.2 Å². The lowest BCUT2D eigenvalue weighted by atomic mass is 10.0. The van der Waals surface area contributed by atoms with Gasteiger partial charge in [0.05, 0.1) is 23.6 Å². The monoisotopic (exact) mass is 605 g/mol. The fraction of sp³-hybridized carbons (Fsp3) is 0.481. The minimum Gasteiger partial charge on any atom is -0.450 e. The van der Waals surface area contributed by atoms with E-state index in [4.69, 9.17) is 4.74 Å². The lowest BCUT2D eigenvalue weighted by molar-refractivity contribution is 0.0955. The van der Waals surface area contributed by atoms with Crippen molar-refractivity contribution in [1.29, 1.82) is 0 Å². The fourth-order valence-electron chi connectivity index (χ4n) is 4.70. The van der Waals surface area contributed by atoms with Gasteiger partial charge in [-0.2, -0.15) is 4.31 Å². The maximum absolute atomic E-state index is 13.2. The van der Waals surface area contributed by atoms with E-state index in [2.05, 4.69) is 17.6 Å². The number of nitrogens with zero attached hydrogens (tertiary/aromatic N) is 3. The summed E-state index contributed by atoms with van der Waals surface area (Å²) in [5.41, 5.74) is 1.01. The highest BCUT2D eigenvalue weighted by Gasteiger charge is 2.32. The third kappa shape index (κ3) is 6.71. The molecule has 1 aromatic carbocycles. The highest BCUT2D eigenvalue weighted by molar-refractivity contribution is 7.89. The molecule has 2 N–H and O–H groups in total. The van der Waals surface area contributed by atoms with Crippen molar-refractivity contribution in [3.8, 4) is 0 Å². The van der Waals surface area contributed by atoms with Crippen molar-refractivity contribution in [3.63, 3.8) is 0 Å². The maximum atomic E-state index is 13.2. The number of rotatable bonds is 6. The molecule has 41 heavy (non-hydrogen) atoms. The normalized spacial score (nSPS) is 16.0. The summed E-state index contributed by atoms with van der Waals surface area (Å²) in [6.45, 7) is 5.47. The van der Waals surface area contributed by atoms with Crippen molar-refractivity contribution in [2.75, 3.05) is 45.7 Å². The predicted octanol–water partition coefficient (Wildman–Crippen LogP) is 3.35. The number of nitrogens with one attached hydrogen (secondary N) is 2.